The van der Waals surface area contributed by atoms with Gasteiger partial charge in [0.25, 0.3) is 29.5 Å². The lowest BCUT2D eigenvalue weighted by atomic mass is 9.90. The van der Waals surface area contributed by atoms with E-state index in [-0.39, 0.29) is 47.1 Å². The number of carbonyl (C=O) groups is 5. The molecule has 0 aliphatic rings. The molecule has 722 valence electrons. The maximum Gasteiger partial charge on any atom is 0.259 e. The van der Waals surface area contributed by atoms with E-state index in [1.807, 2.05) is 201 Å². The highest BCUT2D eigenvalue weighted by Crippen LogP contribution is 2.42. The van der Waals surface area contributed by atoms with Gasteiger partial charge in [-0.1, -0.05) is 280 Å². The second kappa shape index (κ2) is 49.0. The molecular weight excluding hydrogens is 1910 g/mol. The van der Waals surface area contributed by atoms with E-state index in [9.17, 15) is 74.4 Å². The van der Waals surface area contributed by atoms with Crippen LogP contribution in [0.5, 0.6) is 17.2 Å². The molecule has 0 aromatic heterocycles. The molecule has 0 saturated heterocycles. The number of nitrogens with one attached hydrogen (secondary N) is 5. The SMILES string of the molecule is Cc1ccc(C(C#N)c2cc(C)c(NC(=O)c3cc(F)ccc3O)cc2Cl)cc1.Cc1ccc(C(C#N)c2cc(C)c(NC(=O)c3cccc(F)c3O)cc2Cl)cc1.Cc1ccc(C(C#N)c2cc(C)c(NC(=O)c3ccccc3N)cc2Cl)cc1.Cc1ccc(C(C#N)c2cc(C)c(NC(=O)c3ccccc3O)cc2Cl)cc1.Cc1ccc(C(C#N)c2cc(C)c(NC(=O)c3ccccc3S)cc2Cl)cc1.[HH].[HH].[HH].[HH].[HH]. The number of amides is 5. The number of aryl methyl sites for hydroxylation is 10. The molecule has 0 aliphatic heterocycles. The smallest absolute Gasteiger partial charge is 0.259 e. The minimum Gasteiger partial charge on any atom is -0.507 e. The number of nitrogen functional groups attached to an aromatic ring is 1. The number of nitrogens with zero attached hydrogens (tertiary/aromatic N) is 5. The van der Waals surface area contributed by atoms with E-state index in [1.54, 1.807) is 117 Å². The van der Waals surface area contributed by atoms with Crippen molar-refractivity contribution in [3.8, 4) is 47.6 Å². The summed E-state index contributed by atoms with van der Waals surface area (Å²) in [7, 11) is 0. The van der Waals surface area contributed by atoms with Crippen LogP contribution in [0.4, 0.5) is 42.9 Å². The molecule has 5 atom stereocenters. The number of thiol groups is 1. The molecule has 0 spiro atoms. The lowest BCUT2D eigenvalue weighted by Gasteiger charge is -2.16. The van der Waals surface area contributed by atoms with Crippen molar-refractivity contribution in [3.63, 3.8) is 0 Å². The zero-order valence-corrected chi connectivity index (χ0v) is 83.1. The van der Waals surface area contributed by atoms with Crippen LogP contribution in [0.15, 0.2) is 296 Å². The number of nitriles is 5. The average Bonchev–Trinajstić information content (AvgIpc) is 0.812. The number of halogens is 7. The predicted octanol–water partition coefficient (Wildman–Crippen LogP) is 29.8. The Morgan fingerprint density at radius 3 is 0.845 bits per heavy atom. The topological polar surface area (TPSA) is 351 Å². The van der Waals surface area contributed by atoms with E-state index < -0.39 is 64.7 Å². The van der Waals surface area contributed by atoms with Crippen molar-refractivity contribution in [2.45, 2.75) is 104 Å². The third kappa shape index (κ3) is 26.9. The Morgan fingerprint density at radius 1 is 0.303 bits per heavy atom. The Balaban J connectivity index is 0.000000278. The minimum atomic E-state index is -0.877. The van der Waals surface area contributed by atoms with E-state index in [2.05, 4.69) is 69.6 Å². The first kappa shape index (κ1) is 106. The lowest BCUT2D eigenvalue weighted by Crippen LogP contribution is -2.15. The number of phenols is 3. The van der Waals surface area contributed by atoms with Gasteiger partial charge in [-0.25, -0.2) is 8.78 Å². The molecule has 15 aromatic carbocycles. The maximum absolute atomic E-state index is 13.5. The van der Waals surface area contributed by atoms with Crippen molar-refractivity contribution in [2.24, 2.45) is 0 Å². The van der Waals surface area contributed by atoms with E-state index in [0.29, 0.717) is 109 Å². The van der Waals surface area contributed by atoms with Crippen molar-refractivity contribution in [3.05, 3.63) is 467 Å². The number of phenolic OH excluding ortho intramolecular Hbond substituents is 3. The summed E-state index contributed by atoms with van der Waals surface area (Å²) in [5.41, 5.74) is 26.5. The Bertz CT molecular complexity index is 6990. The molecule has 19 nitrogen and oxygen atoms in total. The molecule has 5 unspecified atom stereocenters. The Hall–Kier alpha value is -16.0. The molecule has 27 heteroatoms. The number of rotatable bonds is 20. The van der Waals surface area contributed by atoms with Crippen molar-refractivity contribution < 1.29 is 55.2 Å². The van der Waals surface area contributed by atoms with Gasteiger partial charge in [-0.05, 0) is 250 Å². The highest BCUT2D eigenvalue weighted by molar-refractivity contribution is 7.80. The Morgan fingerprint density at radius 2 is 0.549 bits per heavy atom. The first-order valence-corrected chi connectivity index (χ1v) is 46.4. The fraction of sp³-hybridized carbons (Fsp3) is 0.130. The Kier molecular flexibility index (Phi) is 36.7. The van der Waals surface area contributed by atoms with Gasteiger partial charge in [-0.3, -0.25) is 24.0 Å². The largest absolute Gasteiger partial charge is 0.507 e. The van der Waals surface area contributed by atoms with Gasteiger partial charge in [0.15, 0.2) is 11.6 Å². The molecular formula is C115H104Cl5F2N11O8S. The normalized spacial score (nSPS) is 11.5. The molecule has 142 heavy (non-hydrogen) atoms. The van der Waals surface area contributed by atoms with Crippen LogP contribution >= 0.6 is 70.6 Å². The van der Waals surface area contributed by atoms with Crippen LogP contribution in [0, 0.1) is 138 Å². The van der Waals surface area contributed by atoms with Gasteiger partial charge in [-0.2, -0.15) is 26.3 Å². The van der Waals surface area contributed by atoms with Gasteiger partial charge in [0, 0.05) is 71.3 Å². The molecule has 15 rings (SSSR count). The van der Waals surface area contributed by atoms with Crippen LogP contribution in [0.2, 0.25) is 25.1 Å². The van der Waals surface area contributed by atoms with E-state index >= 15 is 0 Å². The number of anilines is 6. The summed E-state index contributed by atoms with van der Waals surface area (Å²) in [6, 6.07) is 94.5. The average molecular weight is 2020 g/mol. The Labute approximate surface area is 860 Å². The molecule has 10 N–H and O–H groups in total. The van der Waals surface area contributed by atoms with Gasteiger partial charge in [0.05, 0.1) is 87.8 Å². The first-order chi connectivity index (χ1) is 67.8. The first-order valence-electron chi connectivity index (χ1n) is 44.1. The van der Waals surface area contributed by atoms with Crippen LogP contribution in [0.1, 0.15) is 200 Å². The molecule has 0 bridgehead atoms. The highest BCUT2D eigenvalue weighted by Gasteiger charge is 2.28. The van der Waals surface area contributed by atoms with Crippen LogP contribution in [-0.4, -0.2) is 44.9 Å². The molecule has 0 heterocycles. The number of carbonyl (C=O) groups excluding carboxylic acids is 5. The van der Waals surface area contributed by atoms with Crippen molar-refractivity contribution in [1.82, 2.24) is 0 Å². The quantitative estimate of drug-likeness (QED) is 0.0251. The van der Waals surface area contributed by atoms with Gasteiger partial charge < -0.3 is 47.6 Å². The second-order valence-electron chi connectivity index (χ2n) is 33.5. The van der Waals surface area contributed by atoms with Crippen LogP contribution in [0.25, 0.3) is 0 Å². The highest BCUT2D eigenvalue weighted by atomic mass is 35.5. The summed E-state index contributed by atoms with van der Waals surface area (Å²) >= 11 is 36.6. The fourth-order valence-electron chi connectivity index (χ4n) is 15.1. The third-order valence-corrected chi connectivity index (χ3v) is 25.2. The molecule has 0 radical (unpaired) electrons. The van der Waals surface area contributed by atoms with Gasteiger partial charge >= 0.3 is 0 Å². The van der Waals surface area contributed by atoms with Gasteiger partial charge in [0.1, 0.15) is 17.3 Å². The standard InChI is InChI=1S/2C23H18ClFN2O2.C23H20ClN3O.C23H19ClN2O2.C23H19ClN2OS.5H2/c1-13-3-5-15(6-4-13)19(12-26)17-9-14(2)21(11-20(17)24)27-23(29)18-10-16(25)7-8-22(18)28;1-13-6-8-15(9-7-13)18(12-26)17-10-14(2)21(11-19(17)24)27-23(29)16-4-3-5-20(25)22(16)28;1-14-7-9-16(10-8-14)19(13-25)18-11-15(2)22(12-20(18)24)27-23(28)17-5-3-4-6-21(17)26;1-14-7-9-16(10-8-14)19(13-25)18-11-15(2)21(12-20(18)24)26-23(28)17-5-3-4-6-22(17)27;1-14-7-9-16(10-8-14)19(13-25)18-11-15(2)21(12-20(18)24)26-23(27)17-5-3-4-6-22(17)28;;;;;/h3-11,19,28H,1-2H3,(H,27,29);3-11,18,28H,1-2H3,(H,27,29);3-12,19H,26H2,1-2H3,(H,27,28);3-12,19,27H,1-2H3,(H,26,28);3-12,19,28H,1-2H3,(H,26,27);5*1H. The van der Waals surface area contributed by atoms with Crippen molar-refractivity contribution in [1.29, 1.82) is 26.3 Å². The number of benzene rings is 15. The summed E-state index contributed by atoms with van der Waals surface area (Å²) in [5.74, 6) is -7.54. The molecule has 15 aromatic rings. The van der Waals surface area contributed by atoms with Crippen LogP contribution in [-0.2, 0) is 0 Å². The van der Waals surface area contributed by atoms with Crippen LogP contribution in [0.3, 0.4) is 0 Å². The summed E-state index contributed by atoms with van der Waals surface area (Å²) in [5, 5.41) is 93.6. The minimum absolute atomic E-state index is 0. The summed E-state index contributed by atoms with van der Waals surface area (Å²) in [6.45, 7) is 19.1. The molecule has 0 saturated carbocycles. The molecule has 5 amide bonds. The van der Waals surface area contributed by atoms with E-state index in [0.717, 1.165) is 102 Å². The number of hydrogen-bond donors (Lipinski definition) is 10. The zero-order chi connectivity index (χ0) is 103. The van der Waals surface area contributed by atoms with Gasteiger partial charge in [0.2, 0.25) is 0 Å². The van der Waals surface area contributed by atoms with E-state index in [4.69, 9.17) is 63.7 Å². The van der Waals surface area contributed by atoms with Crippen molar-refractivity contribution in [2.75, 3.05) is 32.3 Å². The summed E-state index contributed by atoms with van der Waals surface area (Å²) in [6.07, 6.45) is 0. The monoisotopic (exact) mass is 2010 g/mol. The summed E-state index contributed by atoms with van der Waals surface area (Å²) in [4.78, 5) is 63.1. The molecule has 0 fully saturated rings. The number of aromatic hydroxyl groups is 3. The van der Waals surface area contributed by atoms with Crippen LogP contribution < -0.4 is 32.3 Å². The zero-order valence-electron chi connectivity index (χ0n) is 78.4. The lowest BCUT2D eigenvalue weighted by molar-refractivity contribution is 0.101. The van der Waals surface area contributed by atoms with E-state index in [1.165, 1.54) is 18.2 Å². The van der Waals surface area contributed by atoms with Gasteiger partial charge in [-0.15, -0.1) is 12.6 Å². The fourth-order valence-corrected chi connectivity index (χ4v) is 16.7. The second-order valence-corrected chi connectivity index (χ2v) is 36.0. The molecule has 0 aliphatic carbocycles. The number of nitrogens with two attached hydrogens (primary N) is 1. The summed E-state index contributed by atoms with van der Waals surface area (Å²) < 4.78 is 26.9. The predicted molar refractivity (Wildman–Crippen MR) is 573 cm³/mol. The van der Waals surface area contributed by atoms with Crippen molar-refractivity contribution >= 4 is 134 Å². The number of hydrogen-bond acceptors (Lipinski definition) is 15. The maximum atomic E-state index is 13.5. The number of para-hydroxylation sites is 3. The third-order valence-electron chi connectivity index (χ3n) is 23.2.